The quantitative estimate of drug-likeness (QED) is 0.465. The monoisotopic (exact) mass is 367 g/mol. The van der Waals surface area contributed by atoms with Crippen LogP contribution in [-0.4, -0.2) is 17.4 Å². The molecule has 0 amide bonds. The van der Waals surface area contributed by atoms with E-state index in [1.807, 2.05) is 36.0 Å². The fourth-order valence-corrected chi connectivity index (χ4v) is 3.27. The lowest BCUT2D eigenvalue weighted by molar-refractivity contribution is 0.941. The zero-order chi connectivity index (χ0) is 14.2. The van der Waals surface area contributed by atoms with Gasteiger partial charge >= 0.3 is 0 Å². The average molecular weight is 368 g/mol. The molecule has 1 aliphatic carbocycles. The number of hydrogen-bond acceptors (Lipinski definition) is 2. The van der Waals surface area contributed by atoms with Crippen LogP contribution in [0.2, 0.25) is 0 Å². The first-order valence-electron chi connectivity index (χ1n) is 6.37. The summed E-state index contributed by atoms with van der Waals surface area (Å²) in [4.78, 5) is 1.26. The van der Waals surface area contributed by atoms with Crippen molar-refractivity contribution >= 4 is 45.0 Å². The van der Waals surface area contributed by atoms with Crippen molar-refractivity contribution in [2.45, 2.75) is 11.3 Å². The van der Waals surface area contributed by atoms with Crippen molar-refractivity contribution in [2.24, 2.45) is 0 Å². The number of allylic oxidation sites excluding steroid dienone is 3. The second-order valence-corrected chi connectivity index (χ2v) is 6.67. The van der Waals surface area contributed by atoms with Gasteiger partial charge in [0.1, 0.15) is 0 Å². The SMILES string of the molecule is S=C(NCCSc1cccc(Br)c1)NC1=CC[CH]C=C1. The van der Waals surface area contributed by atoms with Crippen LogP contribution in [0.15, 0.2) is 57.6 Å². The molecular weight excluding hydrogens is 352 g/mol. The predicted molar refractivity (Wildman–Crippen MR) is 94.7 cm³/mol. The van der Waals surface area contributed by atoms with Crippen molar-refractivity contribution in [3.8, 4) is 0 Å². The smallest absolute Gasteiger partial charge is 0.170 e. The molecular formula is C15H16BrN2S2. The summed E-state index contributed by atoms with van der Waals surface area (Å²) in [5.41, 5.74) is 1.06. The number of hydrogen-bond donors (Lipinski definition) is 2. The van der Waals surface area contributed by atoms with Crippen LogP contribution >= 0.6 is 39.9 Å². The summed E-state index contributed by atoms with van der Waals surface area (Å²) >= 11 is 10.5. The molecule has 0 fully saturated rings. The van der Waals surface area contributed by atoms with Crippen LogP contribution in [0.3, 0.4) is 0 Å². The maximum absolute atomic E-state index is 5.26. The standard InChI is InChI=1S/C15H16BrN2S2/c16-12-5-4-8-14(11-12)20-10-9-17-15(19)18-13-6-2-1-3-7-13/h1-2,4-8,11H,3,9-10H2,(H2,17,18,19). The zero-order valence-corrected chi connectivity index (χ0v) is 14.2. The highest BCUT2D eigenvalue weighted by molar-refractivity contribution is 9.10. The van der Waals surface area contributed by atoms with E-state index >= 15 is 0 Å². The third kappa shape index (κ3) is 5.69. The maximum Gasteiger partial charge on any atom is 0.170 e. The highest BCUT2D eigenvalue weighted by Crippen LogP contribution is 2.21. The van der Waals surface area contributed by atoms with Gasteiger partial charge in [-0.3, -0.25) is 0 Å². The Balaban J connectivity index is 1.64. The molecule has 0 spiro atoms. The van der Waals surface area contributed by atoms with E-state index in [-0.39, 0.29) is 0 Å². The number of thiocarbonyl (C=S) groups is 1. The molecule has 2 nitrogen and oxygen atoms in total. The molecule has 1 radical (unpaired) electrons. The fraction of sp³-hybridized carbons (Fsp3) is 0.200. The third-order valence-corrected chi connectivity index (χ3v) is 4.33. The molecule has 2 N–H and O–H groups in total. The van der Waals surface area contributed by atoms with Crippen molar-refractivity contribution in [3.63, 3.8) is 0 Å². The zero-order valence-electron chi connectivity index (χ0n) is 10.9. The van der Waals surface area contributed by atoms with Gasteiger partial charge in [-0.25, -0.2) is 0 Å². The van der Waals surface area contributed by atoms with E-state index in [2.05, 4.69) is 51.2 Å². The van der Waals surface area contributed by atoms with Gasteiger partial charge in [0.05, 0.1) is 0 Å². The molecule has 1 aliphatic rings. The molecule has 105 valence electrons. The van der Waals surface area contributed by atoms with Gasteiger partial charge in [0.25, 0.3) is 0 Å². The van der Waals surface area contributed by atoms with Crippen LogP contribution in [-0.2, 0) is 0 Å². The van der Waals surface area contributed by atoms with Crippen LogP contribution in [0.5, 0.6) is 0 Å². The molecule has 2 rings (SSSR count). The number of benzene rings is 1. The van der Waals surface area contributed by atoms with E-state index in [0.29, 0.717) is 5.11 Å². The minimum absolute atomic E-state index is 0.678. The summed E-state index contributed by atoms with van der Waals surface area (Å²) < 4.78 is 1.11. The van der Waals surface area contributed by atoms with Crippen molar-refractivity contribution < 1.29 is 0 Å². The van der Waals surface area contributed by atoms with Gasteiger partial charge in [-0.15, -0.1) is 11.8 Å². The normalized spacial score (nSPS) is 13.8. The van der Waals surface area contributed by atoms with Gasteiger partial charge < -0.3 is 10.6 Å². The molecule has 0 saturated carbocycles. The summed E-state index contributed by atoms with van der Waals surface area (Å²) in [6, 6.07) is 8.31. The van der Waals surface area contributed by atoms with E-state index in [9.17, 15) is 0 Å². The van der Waals surface area contributed by atoms with E-state index in [0.717, 1.165) is 28.9 Å². The molecule has 0 aromatic heterocycles. The van der Waals surface area contributed by atoms with Crippen LogP contribution in [0.25, 0.3) is 0 Å². The first-order chi connectivity index (χ1) is 9.74. The Morgan fingerprint density at radius 1 is 1.40 bits per heavy atom. The summed E-state index contributed by atoms with van der Waals surface area (Å²) in [6.07, 6.45) is 9.24. The van der Waals surface area contributed by atoms with Crippen molar-refractivity contribution in [1.82, 2.24) is 10.6 Å². The third-order valence-electron chi connectivity index (χ3n) is 2.60. The summed E-state index contributed by atoms with van der Waals surface area (Å²) in [5, 5.41) is 7.08. The average Bonchev–Trinajstić information content (AvgIpc) is 2.45. The lowest BCUT2D eigenvalue weighted by atomic mass is 10.1. The van der Waals surface area contributed by atoms with E-state index in [1.165, 1.54) is 4.90 Å². The van der Waals surface area contributed by atoms with Gasteiger partial charge in [-0.05, 0) is 49.3 Å². The molecule has 1 aromatic rings. The Labute approximate surface area is 138 Å². The molecule has 0 saturated heterocycles. The molecule has 20 heavy (non-hydrogen) atoms. The number of nitrogens with one attached hydrogen (secondary N) is 2. The van der Waals surface area contributed by atoms with Gasteiger partial charge in [-0.1, -0.05) is 34.1 Å². The Bertz CT molecular complexity index is 526. The Hall–Kier alpha value is -0.780. The molecule has 0 unspecified atom stereocenters. The minimum atomic E-state index is 0.678. The molecule has 1 aromatic carbocycles. The molecule has 0 heterocycles. The summed E-state index contributed by atoms with van der Waals surface area (Å²) in [6.45, 7) is 0.839. The Morgan fingerprint density at radius 3 is 3.05 bits per heavy atom. The maximum atomic E-state index is 5.26. The van der Waals surface area contributed by atoms with E-state index < -0.39 is 0 Å². The van der Waals surface area contributed by atoms with Gasteiger partial charge in [0.2, 0.25) is 0 Å². The van der Waals surface area contributed by atoms with Gasteiger partial charge in [-0.2, -0.15) is 0 Å². The fourth-order valence-electron chi connectivity index (χ4n) is 1.67. The van der Waals surface area contributed by atoms with Gasteiger partial charge in [0, 0.05) is 27.4 Å². The first-order valence-corrected chi connectivity index (χ1v) is 8.56. The van der Waals surface area contributed by atoms with Crippen LogP contribution < -0.4 is 10.6 Å². The molecule has 0 aliphatic heterocycles. The highest BCUT2D eigenvalue weighted by atomic mass is 79.9. The molecule has 0 atom stereocenters. The second kappa shape index (κ2) is 8.49. The lowest BCUT2D eigenvalue weighted by Crippen LogP contribution is -2.35. The first kappa shape index (κ1) is 15.6. The van der Waals surface area contributed by atoms with E-state index in [1.54, 1.807) is 0 Å². The largest absolute Gasteiger partial charge is 0.362 e. The van der Waals surface area contributed by atoms with Crippen molar-refractivity contribution in [2.75, 3.05) is 12.3 Å². The molecule has 5 heteroatoms. The minimum Gasteiger partial charge on any atom is -0.362 e. The lowest BCUT2D eigenvalue weighted by Gasteiger charge is -2.12. The number of halogens is 1. The van der Waals surface area contributed by atoms with Crippen LogP contribution in [0.1, 0.15) is 6.42 Å². The Kier molecular flexibility index (Phi) is 6.63. The summed E-state index contributed by atoms with van der Waals surface area (Å²) in [5.74, 6) is 0.973. The van der Waals surface area contributed by atoms with Crippen molar-refractivity contribution in [3.05, 3.63) is 59.1 Å². The second-order valence-electron chi connectivity index (χ2n) is 4.18. The molecule has 0 bridgehead atoms. The van der Waals surface area contributed by atoms with Crippen molar-refractivity contribution in [1.29, 1.82) is 0 Å². The van der Waals surface area contributed by atoms with Crippen LogP contribution in [0, 0.1) is 6.42 Å². The van der Waals surface area contributed by atoms with Crippen LogP contribution in [0.4, 0.5) is 0 Å². The number of thioether (sulfide) groups is 1. The van der Waals surface area contributed by atoms with E-state index in [4.69, 9.17) is 12.2 Å². The summed E-state index contributed by atoms with van der Waals surface area (Å²) in [7, 11) is 0. The Morgan fingerprint density at radius 2 is 2.30 bits per heavy atom. The van der Waals surface area contributed by atoms with Gasteiger partial charge in [0.15, 0.2) is 5.11 Å². The topological polar surface area (TPSA) is 24.1 Å². The number of rotatable bonds is 5. The highest BCUT2D eigenvalue weighted by Gasteiger charge is 2.00. The predicted octanol–water partition coefficient (Wildman–Crippen LogP) is 4.05.